The van der Waals surface area contributed by atoms with E-state index in [2.05, 4.69) is 14.9 Å². The number of halogens is 1. The van der Waals surface area contributed by atoms with E-state index in [4.69, 9.17) is 0 Å². The summed E-state index contributed by atoms with van der Waals surface area (Å²) in [6.07, 6.45) is 1.46. The molecular weight excluding hydrogens is 333 g/mol. The molecule has 6 nitrogen and oxygen atoms in total. The Labute approximate surface area is 143 Å². The standard InChI is InChI=1S/C16H18FN3O3S/c17-12-3-1-10(2-4-12)14(21)11-5-7-20(8-6-11)24-9-13-15(22)19-16(23)18-13/h1-4,11,13H,5-9H2,(H2,18,19,22,23). The molecule has 2 aliphatic rings. The van der Waals surface area contributed by atoms with Crippen molar-refractivity contribution >= 4 is 29.7 Å². The van der Waals surface area contributed by atoms with Gasteiger partial charge in [-0.1, -0.05) is 11.9 Å². The van der Waals surface area contributed by atoms with E-state index < -0.39 is 12.1 Å². The number of Topliss-reactive ketones (excluding diaryl/α,β-unsaturated/α-hetero) is 1. The number of rotatable bonds is 5. The zero-order chi connectivity index (χ0) is 17.1. The summed E-state index contributed by atoms with van der Waals surface area (Å²) in [5.74, 6) is -0.160. The molecule has 3 rings (SSSR count). The Morgan fingerprint density at radius 2 is 1.88 bits per heavy atom. The molecule has 1 atom stereocenters. The van der Waals surface area contributed by atoms with Crippen LogP contribution in [-0.2, 0) is 4.79 Å². The molecule has 0 aromatic heterocycles. The number of ketones is 1. The lowest BCUT2D eigenvalue weighted by atomic mass is 9.90. The van der Waals surface area contributed by atoms with E-state index in [1.54, 1.807) is 0 Å². The maximum atomic E-state index is 12.9. The van der Waals surface area contributed by atoms with Gasteiger partial charge in [-0.25, -0.2) is 9.18 Å². The molecule has 8 heteroatoms. The highest BCUT2D eigenvalue weighted by Crippen LogP contribution is 2.26. The molecule has 1 aromatic rings. The molecule has 2 fully saturated rings. The SMILES string of the molecule is O=C1NC(=O)C(CSN2CCC(C(=O)c3ccc(F)cc3)CC2)N1. The van der Waals surface area contributed by atoms with Crippen molar-refractivity contribution < 1.29 is 18.8 Å². The van der Waals surface area contributed by atoms with Crippen molar-refractivity contribution in [2.75, 3.05) is 18.8 Å². The first kappa shape index (κ1) is 16.9. The summed E-state index contributed by atoms with van der Waals surface area (Å²) in [4.78, 5) is 35.0. The smallest absolute Gasteiger partial charge is 0.322 e. The lowest BCUT2D eigenvalue weighted by molar-refractivity contribution is -0.119. The van der Waals surface area contributed by atoms with Gasteiger partial charge in [-0.2, -0.15) is 0 Å². The van der Waals surface area contributed by atoms with E-state index >= 15 is 0 Å². The fourth-order valence-corrected chi connectivity index (χ4v) is 3.92. The molecule has 0 saturated carbocycles. The van der Waals surface area contributed by atoms with Crippen LogP contribution in [0.2, 0.25) is 0 Å². The maximum Gasteiger partial charge on any atom is 0.322 e. The minimum Gasteiger partial charge on any atom is -0.325 e. The van der Waals surface area contributed by atoms with Gasteiger partial charge in [-0.05, 0) is 37.1 Å². The van der Waals surface area contributed by atoms with Crippen LogP contribution in [0.5, 0.6) is 0 Å². The molecular formula is C16H18FN3O3S. The van der Waals surface area contributed by atoms with Gasteiger partial charge in [0.25, 0.3) is 5.91 Å². The second kappa shape index (κ2) is 7.31. The van der Waals surface area contributed by atoms with E-state index in [1.807, 2.05) is 0 Å². The third kappa shape index (κ3) is 3.93. The average molecular weight is 351 g/mol. The molecule has 2 saturated heterocycles. The predicted octanol–water partition coefficient (Wildman–Crippen LogP) is 1.58. The van der Waals surface area contributed by atoms with Gasteiger partial charge in [0.05, 0.1) is 0 Å². The predicted molar refractivity (Wildman–Crippen MR) is 87.9 cm³/mol. The molecule has 128 valence electrons. The van der Waals surface area contributed by atoms with E-state index in [0.29, 0.717) is 11.3 Å². The lowest BCUT2D eigenvalue weighted by Gasteiger charge is -2.30. The number of benzene rings is 1. The number of hydrogen-bond acceptors (Lipinski definition) is 5. The molecule has 2 heterocycles. The van der Waals surface area contributed by atoms with Gasteiger partial charge < -0.3 is 5.32 Å². The van der Waals surface area contributed by atoms with Crippen molar-refractivity contribution in [3.05, 3.63) is 35.6 Å². The normalized spacial score (nSPS) is 22.3. The van der Waals surface area contributed by atoms with Crippen LogP contribution in [0.1, 0.15) is 23.2 Å². The van der Waals surface area contributed by atoms with Crippen molar-refractivity contribution in [1.29, 1.82) is 0 Å². The highest BCUT2D eigenvalue weighted by Gasteiger charge is 2.31. The lowest BCUT2D eigenvalue weighted by Crippen LogP contribution is -2.36. The van der Waals surface area contributed by atoms with Crippen molar-refractivity contribution in [3.8, 4) is 0 Å². The third-order valence-corrected chi connectivity index (χ3v) is 5.45. The number of carbonyl (C=O) groups is 3. The maximum absolute atomic E-state index is 12.9. The fourth-order valence-electron chi connectivity index (χ4n) is 2.85. The fraction of sp³-hybridized carbons (Fsp3) is 0.438. The zero-order valence-electron chi connectivity index (χ0n) is 13.0. The van der Waals surface area contributed by atoms with Gasteiger partial charge in [0.1, 0.15) is 11.9 Å². The Bertz CT molecular complexity index is 644. The quantitative estimate of drug-likeness (QED) is 0.478. The van der Waals surface area contributed by atoms with Crippen molar-refractivity contribution in [2.24, 2.45) is 5.92 Å². The van der Waals surface area contributed by atoms with Crippen LogP contribution >= 0.6 is 11.9 Å². The summed E-state index contributed by atoms with van der Waals surface area (Å²) in [5.41, 5.74) is 0.549. The average Bonchev–Trinajstić information content (AvgIpc) is 2.91. The second-order valence-electron chi connectivity index (χ2n) is 5.89. The molecule has 2 N–H and O–H groups in total. The minimum atomic E-state index is -0.499. The van der Waals surface area contributed by atoms with Crippen LogP contribution in [0.4, 0.5) is 9.18 Å². The van der Waals surface area contributed by atoms with Crippen LogP contribution in [0.15, 0.2) is 24.3 Å². The molecule has 1 aromatic carbocycles. The molecule has 1 unspecified atom stereocenters. The molecule has 0 aliphatic carbocycles. The molecule has 2 aliphatic heterocycles. The first-order valence-corrected chi connectivity index (χ1v) is 8.76. The Morgan fingerprint density at radius 1 is 1.21 bits per heavy atom. The number of amides is 3. The van der Waals surface area contributed by atoms with Gasteiger partial charge in [0.2, 0.25) is 0 Å². The van der Waals surface area contributed by atoms with Crippen LogP contribution in [0, 0.1) is 11.7 Å². The van der Waals surface area contributed by atoms with Crippen LogP contribution in [-0.4, -0.2) is 46.9 Å². The molecule has 0 bridgehead atoms. The van der Waals surface area contributed by atoms with Gasteiger partial charge in [-0.15, -0.1) is 0 Å². The van der Waals surface area contributed by atoms with E-state index in [1.165, 1.54) is 36.2 Å². The zero-order valence-corrected chi connectivity index (χ0v) is 13.8. The van der Waals surface area contributed by atoms with Crippen LogP contribution in [0.25, 0.3) is 0 Å². The Balaban J connectivity index is 1.45. The number of nitrogens with zero attached hydrogens (tertiary/aromatic N) is 1. The highest BCUT2D eigenvalue weighted by molar-refractivity contribution is 7.97. The number of hydrogen-bond donors (Lipinski definition) is 2. The topological polar surface area (TPSA) is 78.5 Å². The number of piperidine rings is 1. The Morgan fingerprint density at radius 3 is 2.46 bits per heavy atom. The third-order valence-electron chi connectivity index (χ3n) is 4.24. The van der Waals surface area contributed by atoms with Crippen LogP contribution < -0.4 is 10.6 Å². The Kier molecular flexibility index (Phi) is 5.15. The number of imide groups is 1. The largest absolute Gasteiger partial charge is 0.325 e. The van der Waals surface area contributed by atoms with Crippen LogP contribution in [0.3, 0.4) is 0 Å². The van der Waals surface area contributed by atoms with Crippen molar-refractivity contribution in [1.82, 2.24) is 14.9 Å². The number of nitrogens with one attached hydrogen (secondary N) is 2. The minimum absolute atomic E-state index is 0.0539. The number of urea groups is 1. The first-order chi connectivity index (χ1) is 11.5. The van der Waals surface area contributed by atoms with Gasteiger partial charge in [0, 0.05) is 30.3 Å². The second-order valence-corrected chi connectivity index (χ2v) is 6.99. The number of carbonyl (C=O) groups excluding carboxylic acids is 3. The monoisotopic (exact) mass is 351 g/mol. The molecule has 3 amide bonds. The van der Waals surface area contributed by atoms with Crippen molar-refractivity contribution in [2.45, 2.75) is 18.9 Å². The van der Waals surface area contributed by atoms with Gasteiger partial charge >= 0.3 is 6.03 Å². The van der Waals surface area contributed by atoms with E-state index in [9.17, 15) is 18.8 Å². The summed E-state index contributed by atoms with van der Waals surface area (Å²) < 4.78 is 15.1. The van der Waals surface area contributed by atoms with Crippen molar-refractivity contribution in [3.63, 3.8) is 0 Å². The molecule has 0 spiro atoms. The summed E-state index contributed by atoms with van der Waals surface area (Å²) in [6, 6.07) is 4.72. The first-order valence-electron chi connectivity index (χ1n) is 7.82. The summed E-state index contributed by atoms with van der Waals surface area (Å²) in [7, 11) is 0. The van der Waals surface area contributed by atoms with E-state index in [0.717, 1.165) is 25.9 Å². The highest BCUT2D eigenvalue weighted by atomic mass is 32.2. The molecule has 24 heavy (non-hydrogen) atoms. The van der Waals surface area contributed by atoms with E-state index in [-0.39, 0.29) is 23.4 Å². The van der Waals surface area contributed by atoms with Gasteiger partial charge in [0.15, 0.2) is 5.78 Å². The summed E-state index contributed by atoms with van der Waals surface area (Å²) >= 11 is 1.51. The Hall–Kier alpha value is -1.93. The summed E-state index contributed by atoms with van der Waals surface area (Å²) in [5, 5.41) is 4.77. The van der Waals surface area contributed by atoms with Gasteiger partial charge in [-0.3, -0.25) is 19.2 Å². The molecule has 0 radical (unpaired) electrons. The summed E-state index contributed by atoms with van der Waals surface area (Å²) in [6.45, 7) is 1.48.